The van der Waals surface area contributed by atoms with Crippen LogP contribution in [0.25, 0.3) is 103 Å². The predicted octanol–water partition coefficient (Wildman–Crippen LogP) is 13.1. The Kier molecular flexibility index (Phi) is 5.73. The van der Waals surface area contributed by atoms with E-state index in [0.717, 1.165) is 28.0 Å². The van der Waals surface area contributed by atoms with Gasteiger partial charge in [-0.25, -0.2) is 0 Å². The van der Waals surface area contributed by atoms with Crippen LogP contribution in [0.5, 0.6) is 0 Å². The van der Waals surface area contributed by atoms with Crippen molar-refractivity contribution in [3.8, 4) is 5.69 Å². The highest BCUT2D eigenvalue weighted by atomic mass is 16.3. The number of benzene rings is 11. The number of aromatic nitrogens is 1. The van der Waals surface area contributed by atoms with Gasteiger partial charge in [-0.1, -0.05) is 146 Å². The summed E-state index contributed by atoms with van der Waals surface area (Å²) >= 11 is 0. The van der Waals surface area contributed by atoms with Gasteiger partial charge in [0.2, 0.25) is 0 Å². The minimum atomic E-state index is -0.0931. The molecule has 15 rings (SSSR count). The van der Waals surface area contributed by atoms with Crippen LogP contribution in [0.4, 0.5) is 17.1 Å². The molecule has 2 aliphatic rings. The van der Waals surface area contributed by atoms with E-state index in [1.165, 1.54) is 109 Å². The maximum atomic E-state index is 7.15. The van der Waals surface area contributed by atoms with Crippen LogP contribution in [0.1, 0.15) is 0 Å². The summed E-state index contributed by atoms with van der Waals surface area (Å²) in [4.78, 5) is 2.49. The molecule has 13 aromatic rings. The van der Waals surface area contributed by atoms with Gasteiger partial charge in [0.05, 0.1) is 16.9 Å². The van der Waals surface area contributed by atoms with E-state index in [4.69, 9.17) is 4.42 Å². The summed E-state index contributed by atoms with van der Waals surface area (Å²) in [6.07, 6.45) is 0. The van der Waals surface area contributed by atoms with E-state index < -0.39 is 0 Å². The molecule has 4 heteroatoms. The van der Waals surface area contributed by atoms with Gasteiger partial charge in [0.15, 0.2) is 0 Å². The Balaban J connectivity index is 1.08. The van der Waals surface area contributed by atoms with Gasteiger partial charge in [0.1, 0.15) is 5.58 Å². The quantitative estimate of drug-likeness (QED) is 0.123. The van der Waals surface area contributed by atoms with Gasteiger partial charge in [-0.15, -0.1) is 0 Å². The van der Waals surface area contributed by atoms with Crippen molar-refractivity contribution in [2.24, 2.45) is 0 Å². The van der Waals surface area contributed by atoms with Crippen LogP contribution in [0.15, 0.2) is 192 Å². The number of rotatable bonds is 1. The molecule has 2 aromatic heterocycles. The van der Waals surface area contributed by atoms with Crippen LogP contribution in [-0.2, 0) is 0 Å². The zero-order valence-corrected chi connectivity index (χ0v) is 32.3. The highest BCUT2D eigenvalue weighted by Crippen LogP contribution is 2.48. The molecule has 0 saturated heterocycles. The van der Waals surface area contributed by atoms with Crippen molar-refractivity contribution >= 4 is 138 Å². The lowest BCUT2D eigenvalue weighted by Gasteiger charge is -2.38. The number of nitrogens with zero attached hydrogens (tertiary/aromatic N) is 2. The first kappa shape index (κ1) is 31.2. The first-order valence-corrected chi connectivity index (χ1v) is 20.9. The SMILES string of the molecule is c1cc2c3c(c1)-n1c4ccc5c6ccccc6c6ccccc6c5c4c4cccc(c41)B3c1oc3ccccc3c1N2c1ccc2c3ccccc3c3ccccc3c2c1. The molecule has 0 saturated carbocycles. The van der Waals surface area contributed by atoms with Gasteiger partial charge in [0.25, 0.3) is 6.71 Å². The van der Waals surface area contributed by atoms with Crippen molar-refractivity contribution in [1.29, 1.82) is 0 Å². The van der Waals surface area contributed by atoms with E-state index in [2.05, 4.69) is 198 Å². The van der Waals surface area contributed by atoms with Crippen molar-refractivity contribution < 1.29 is 4.42 Å². The molecule has 0 atom stereocenters. The van der Waals surface area contributed by atoms with Crippen LogP contribution < -0.4 is 21.5 Å². The number of para-hydroxylation sites is 2. The third-order valence-corrected chi connectivity index (χ3v) is 13.9. The van der Waals surface area contributed by atoms with E-state index in [1.54, 1.807) is 0 Å². The molecule has 0 spiro atoms. The molecule has 0 unspecified atom stereocenters. The molecule has 11 aromatic carbocycles. The maximum Gasteiger partial charge on any atom is 0.297 e. The van der Waals surface area contributed by atoms with Gasteiger partial charge >= 0.3 is 0 Å². The zero-order valence-electron chi connectivity index (χ0n) is 32.3. The average Bonchev–Trinajstić information content (AvgIpc) is 3.87. The number of furan rings is 1. The molecule has 60 heavy (non-hydrogen) atoms. The Morgan fingerprint density at radius 1 is 0.383 bits per heavy atom. The fourth-order valence-electron chi connectivity index (χ4n) is 11.6. The maximum absolute atomic E-state index is 7.15. The van der Waals surface area contributed by atoms with Crippen molar-refractivity contribution in [3.05, 3.63) is 188 Å². The van der Waals surface area contributed by atoms with Gasteiger partial charge in [0, 0.05) is 44.1 Å². The molecular weight excluding hydrogens is 727 g/mol. The standard InChI is InChI=1S/C56H31BN2O/c1-2-15-35-33(13-1)34-14-4-6-19-39(34)45-31-32(27-28-40(35)45)58-48-24-12-25-49-53(48)57(56-55(58)43-21-9-10-26-50(43)60-56)46-23-11-22-44-52-47(59(49)54(44)46)30-29-42-38-18-5-3-16-36(38)37-17-7-8-20-41(37)51(42)52/h1-31H. The molecule has 4 heterocycles. The fourth-order valence-corrected chi connectivity index (χ4v) is 11.6. The average molecular weight is 759 g/mol. The Morgan fingerprint density at radius 2 is 0.900 bits per heavy atom. The van der Waals surface area contributed by atoms with Crippen LogP contribution >= 0.6 is 0 Å². The first-order chi connectivity index (χ1) is 29.8. The fraction of sp³-hybridized carbons (Fsp3) is 0. The molecule has 0 radical (unpaired) electrons. The normalized spacial score (nSPS) is 13.3. The summed E-state index contributed by atoms with van der Waals surface area (Å²) in [7, 11) is 0. The Bertz CT molecular complexity index is 4030. The van der Waals surface area contributed by atoms with Crippen LogP contribution in [0, 0.1) is 0 Å². The van der Waals surface area contributed by atoms with E-state index in [9.17, 15) is 0 Å². The molecule has 274 valence electrons. The van der Waals surface area contributed by atoms with Gasteiger partial charge in [-0.3, -0.25) is 0 Å². The number of hydrogen-bond donors (Lipinski definition) is 0. The van der Waals surface area contributed by atoms with Crippen molar-refractivity contribution in [3.63, 3.8) is 0 Å². The summed E-state index contributed by atoms with van der Waals surface area (Å²) in [5.74, 6) is 0. The third-order valence-electron chi connectivity index (χ3n) is 13.9. The largest absolute Gasteiger partial charge is 0.468 e. The molecule has 0 bridgehead atoms. The van der Waals surface area contributed by atoms with E-state index in [-0.39, 0.29) is 6.71 Å². The molecule has 3 nitrogen and oxygen atoms in total. The number of hydrogen-bond acceptors (Lipinski definition) is 2. The molecule has 0 amide bonds. The summed E-state index contributed by atoms with van der Waals surface area (Å²) in [5, 5.41) is 19.1. The zero-order chi connectivity index (χ0) is 38.8. The van der Waals surface area contributed by atoms with Crippen LogP contribution in [0.2, 0.25) is 0 Å². The summed E-state index contributed by atoms with van der Waals surface area (Å²) < 4.78 is 9.71. The second-order valence-electron chi connectivity index (χ2n) is 16.7. The predicted molar refractivity (Wildman–Crippen MR) is 255 cm³/mol. The molecular formula is C56H31BN2O. The minimum Gasteiger partial charge on any atom is -0.468 e. The summed E-state index contributed by atoms with van der Waals surface area (Å²) in [6, 6.07) is 69.8. The third kappa shape index (κ3) is 3.70. The summed E-state index contributed by atoms with van der Waals surface area (Å²) in [5.41, 5.74) is 11.6. The topological polar surface area (TPSA) is 21.3 Å². The minimum absolute atomic E-state index is 0.0931. The van der Waals surface area contributed by atoms with E-state index in [1.807, 2.05) is 0 Å². The van der Waals surface area contributed by atoms with Crippen LogP contribution in [-0.4, -0.2) is 11.3 Å². The molecule has 0 fully saturated rings. The van der Waals surface area contributed by atoms with Gasteiger partial charge < -0.3 is 13.9 Å². The van der Waals surface area contributed by atoms with Crippen molar-refractivity contribution in [2.75, 3.05) is 4.90 Å². The Labute approximate surface area is 344 Å². The lowest BCUT2D eigenvalue weighted by atomic mass is 9.36. The lowest BCUT2D eigenvalue weighted by molar-refractivity contribution is 0.651. The van der Waals surface area contributed by atoms with E-state index >= 15 is 0 Å². The molecule has 0 N–H and O–H groups in total. The molecule has 2 aliphatic heterocycles. The number of fused-ring (bicyclic) bond motifs is 22. The highest BCUT2D eigenvalue weighted by Gasteiger charge is 2.45. The number of anilines is 3. The lowest BCUT2D eigenvalue weighted by Crippen LogP contribution is -2.59. The van der Waals surface area contributed by atoms with E-state index in [0.29, 0.717) is 0 Å². The van der Waals surface area contributed by atoms with Crippen LogP contribution in [0.3, 0.4) is 0 Å². The van der Waals surface area contributed by atoms with Gasteiger partial charge in [-0.2, -0.15) is 0 Å². The second kappa shape index (κ2) is 11.0. The molecule has 0 aliphatic carbocycles. The van der Waals surface area contributed by atoms with Crippen molar-refractivity contribution in [1.82, 2.24) is 4.57 Å². The second-order valence-corrected chi connectivity index (χ2v) is 16.7. The Morgan fingerprint density at radius 3 is 1.60 bits per heavy atom. The van der Waals surface area contributed by atoms with Crippen molar-refractivity contribution in [2.45, 2.75) is 0 Å². The Hall–Kier alpha value is -7.82. The first-order valence-electron chi connectivity index (χ1n) is 20.9. The summed E-state index contributed by atoms with van der Waals surface area (Å²) in [6.45, 7) is -0.0931. The smallest absolute Gasteiger partial charge is 0.297 e. The monoisotopic (exact) mass is 758 g/mol. The van der Waals surface area contributed by atoms with Gasteiger partial charge in [-0.05, 0) is 113 Å². The highest BCUT2D eigenvalue weighted by molar-refractivity contribution is 7.00.